The van der Waals surface area contributed by atoms with Crippen LogP contribution in [0.25, 0.3) is 10.2 Å². The second kappa shape index (κ2) is 4.52. The number of nitrogens with zero attached hydrogens (tertiary/aromatic N) is 5. The molecule has 0 bridgehead atoms. The third-order valence-corrected chi connectivity index (χ3v) is 4.56. The predicted octanol–water partition coefficient (Wildman–Crippen LogP) is 2.02. The van der Waals surface area contributed by atoms with Crippen LogP contribution in [0.1, 0.15) is 18.1 Å². The van der Waals surface area contributed by atoms with Gasteiger partial charge < -0.3 is 9.88 Å². The first-order valence-electron chi connectivity index (χ1n) is 6.64. The lowest BCUT2D eigenvalue weighted by atomic mass is 10.1. The van der Waals surface area contributed by atoms with Gasteiger partial charge in [0.1, 0.15) is 28.6 Å². The van der Waals surface area contributed by atoms with Crippen LogP contribution in [0, 0.1) is 6.92 Å². The van der Waals surface area contributed by atoms with Crippen LogP contribution in [-0.4, -0.2) is 30.8 Å². The Kier molecular flexibility index (Phi) is 2.66. The van der Waals surface area contributed by atoms with Crippen molar-refractivity contribution in [1.29, 1.82) is 0 Å². The van der Waals surface area contributed by atoms with Crippen molar-refractivity contribution in [2.24, 2.45) is 0 Å². The van der Waals surface area contributed by atoms with Crippen LogP contribution >= 0.6 is 11.3 Å². The molecule has 4 rings (SSSR count). The van der Waals surface area contributed by atoms with E-state index in [1.807, 2.05) is 12.3 Å². The molecule has 4 heterocycles. The van der Waals surface area contributed by atoms with Crippen LogP contribution in [0.2, 0.25) is 0 Å². The van der Waals surface area contributed by atoms with E-state index in [1.54, 1.807) is 17.7 Å². The molecule has 0 spiro atoms. The van der Waals surface area contributed by atoms with Crippen molar-refractivity contribution >= 4 is 27.4 Å². The van der Waals surface area contributed by atoms with Crippen molar-refractivity contribution in [2.75, 3.05) is 5.32 Å². The summed E-state index contributed by atoms with van der Waals surface area (Å²) in [7, 11) is 0. The number of fused-ring (bicyclic) bond motifs is 2. The summed E-state index contributed by atoms with van der Waals surface area (Å²) in [4.78, 5) is 9.69. The molecule has 0 amide bonds. The fourth-order valence-electron chi connectivity index (χ4n) is 2.68. The molecule has 1 aliphatic heterocycles. The number of anilines is 1. The fourth-order valence-corrected chi connectivity index (χ4v) is 3.41. The third-order valence-electron chi connectivity index (χ3n) is 3.73. The largest absolute Gasteiger partial charge is 0.365 e. The van der Waals surface area contributed by atoms with Crippen molar-refractivity contribution < 1.29 is 0 Å². The summed E-state index contributed by atoms with van der Waals surface area (Å²) in [6.07, 6.45) is 3.63. The van der Waals surface area contributed by atoms with Crippen LogP contribution in [0.3, 0.4) is 0 Å². The van der Waals surface area contributed by atoms with Gasteiger partial charge in [0.2, 0.25) is 0 Å². The molecule has 0 aromatic carbocycles. The van der Waals surface area contributed by atoms with E-state index in [-0.39, 0.29) is 0 Å². The number of hydrogen-bond donors (Lipinski definition) is 1. The van der Waals surface area contributed by atoms with Crippen molar-refractivity contribution in [3.63, 3.8) is 0 Å². The predicted molar refractivity (Wildman–Crippen MR) is 77.9 cm³/mol. The number of aromatic nitrogens is 5. The summed E-state index contributed by atoms with van der Waals surface area (Å²) < 4.78 is 2.19. The van der Waals surface area contributed by atoms with Crippen LogP contribution in [0.4, 0.5) is 5.82 Å². The highest BCUT2D eigenvalue weighted by molar-refractivity contribution is 7.16. The van der Waals surface area contributed by atoms with Gasteiger partial charge in [-0.3, -0.25) is 0 Å². The van der Waals surface area contributed by atoms with E-state index in [2.05, 4.69) is 36.1 Å². The van der Waals surface area contributed by atoms with E-state index in [9.17, 15) is 0 Å². The number of thiophene rings is 1. The third kappa shape index (κ3) is 1.85. The van der Waals surface area contributed by atoms with Crippen LogP contribution in [-0.2, 0) is 13.0 Å². The molecule has 0 unspecified atom stereocenters. The Bertz CT molecular complexity index is 761. The van der Waals surface area contributed by atoms with Gasteiger partial charge in [-0.15, -0.1) is 21.5 Å². The van der Waals surface area contributed by atoms with Gasteiger partial charge in [0, 0.05) is 19.0 Å². The van der Waals surface area contributed by atoms with Crippen LogP contribution in [0.5, 0.6) is 0 Å². The molecule has 0 saturated carbocycles. The van der Waals surface area contributed by atoms with Crippen molar-refractivity contribution in [3.8, 4) is 0 Å². The smallest absolute Gasteiger partial charge is 0.138 e. The van der Waals surface area contributed by atoms with Gasteiger partial charge in [0.05, 0.1) is 5.39 Å². The average molecular weight is 286 g/mol. The monoisotopic (exact) mass is 286 g/mol. The number of aryl methyl sites for hydroxylation is 2. The molecule has 1 N–H and O–H groups in total. The van der Waals surface area contributed by atoms with E-state index >= 15 is 0 Å². The summed E-state index contributed by atoms with van der Waals surface area (Å²) in [5.74, 6) is 2.99. The van der Waals surface area contributed by atoms with E-state index in [4.69, 9.17) is 0 Å². The number of hydrogen-bond acceptors (Lipinski definition) is 6. The van der Waals surface area contributed by atoms with Crippen LogP contribution in [0.15, 0.2) is 17.8 Å². The van der Waals surface area contributed by atoms with Crippen molar-refractivity contribution in [3.05, 3.63) is 29.4 Å². The van der Waals surface area contributed by atoms with Gasteiger partial charge in [0.15, 0.2) is 0 Å². The Hall–Kier alpha value is -2.02. The van der Waals surface area contributed by atoms with Crippen molar-refractivity contribution in [2.45, 2.75) is 32.4 Å². The normalized spacial score (nSPS) is 18.1. The Morgan fingerprint density at radius 1 is 1.35 bits per heavy atom. The second-order valence-corrected chi connectivity index (χ2v) is 5.91. The second-order valence-electron chi connectivity index (χ2n) is 5.02. The standard InChI is InChI=1S/C13H14N6S/c1-8-17-18-11-3-2-9(6-19(8)11)16-12-10-4-5-20-13(10)15-7-14-12/h4-5,7,9H,2-3,6H2,1H3,(H,14,15,16)/t9-/m1/s1. The first-order chi connectivity index (χ1) is 9.81. The first-order valence-corrected chi connectivity index (χ1v) is 7.52. The minimum absolute atomic E-state index is 0.357. The Morgan fingerprint density at radius 3 is 3.25 bits per heavy atom. The summed E-state index contributed by atoms with van der Waals surface area (Å²) in [5.41, 5.74) is 0. The molecule has 20 heavy (non-hydrogen) atoms. The van der Waals surface area contributed by atoms with E-state index in [0.29, 0.717) is 6.04 Å². The van der Waals surface area contributed by atoms with Crippen molar-refractivity contribution in [1.82, 2.24) is 24.7 Å². The number of nitrogens with one attached hydrogen (secondary N) is 1. The Labute approximate surface area is 119 Å². The van der Waals surface area contributed by atoms with Gasteiger partial charge in [-0.1, -0.05) is 0 Å². The highest BCUT2D eigenvalue weighted by Gasteiger charge is 2.22. The fraction of sp³-hybridized carbons (Fsp3) is 0.385. The maximum atomic E-state index is 4.38. The molecule has 0 aliphatic carbocycles. The van der Waals surface area contributed by atoms with E-state index in [0.717, 1.165) is 47.1 Å². The zero-order valence-corrected chi connectivity index (χ0v) is 11.9. The molecule has 7 heteroatoms. The Balaban J connectivity index is 1.61. The molecule has 0 radical (unpaired) electrons. The quantitative estimate of drug-likeness (QED) is 0.780. The Morgan fingerprint density at radius 2 is 2.30 bits per heavy atom. The average Bonchev–Trinajstić information content (AvgIpc) is 3.07. The summed E-state index contributed by atoms with van der Waals surface area (Å²) in [6, 6.07) is 2.43. The lowest BCUT2D eigenvalue weighted by Gasteiger charge is -2.25. The van der Waals surface area contributed by atoms with Gasteiger partial charge in [-0.05, 0) is 24.8 Å². The van der Waals surface area contributed by atoms with Gasteiger partial charge in [-0.25, -0.2) is 9.97 Å². The topological polar surface area (TPSA) is 68.5 Å². The summed E-state index contributed by atoms with van der Waals surface area (Å²) in [5, 5.41) is 15.0. The molecule has 1 atom stereocenters. The van der Waals surface area contributed by atoms with Gasteiger partial charge in [0.25, 0.3) is 0 Å². The molecule has 0 saturated heterocycles. The molecule has 102 valence electrons. The molecule has 3 aromatic rings. The highest BCUT2D eigenvalue weighted by atomic mass is 32.1. The lowest BCUT2D eigenvalue weighted by Crippen LogP contribution is -2.32. The van der Waals surface area contributed by atoms with Crippen LogP contribution < -0.4 is 5.32 Å². The first kappa shape index (κ1) is 11.8. The maximum Gasteiger partial charge on any atom is 0.138 e. The zero-order chi connectivity index (χ0) is 13.5. The minimum Gasteiger partial charge on any atom is -0.365 e. The molecule has 3 aromatic heterocycles. The minimum atomic E-state index is 0.357. The summed E-state index contributed by atoms with van der Waals surface area (Å²) >= 11 is 1.64. The SMILES string of the molecule is Cc1nnc2n1C[C@H](Nc1ncnc3sccc13)CC2. The molecule has 1 aliphatic rings. The zero-order valence-electron chi connectivity index (χ0n) is 11.1. The van der Waals surface area contributed by atoms with Gasteiger partial charge in [-0.2, -0.15) is 0 Å². The lowest BCUT2D eigenvalue weighted by molar-refractivity contribution is 0.469. The number of rotatable bonds is 2. The van der Waals surface area contributed by atoms with E-state index in [1.165, 1.54) is 0 Å². The molecule has 0 fully saturated rings. The molecule has 6 nitrogen and oxygen atoms in total. The highest BCUT2D eigenvalue weighted by Crippen LogP contribution is 2.26. The summed E-state index contributed by atoms with van der Waals surface area (Å²) in [6.45, 7) is 2.89. The van der Waals surface area contributed by atoms with E-state index < -0.39 is 0 Å². The van der Waals surface area contributed by atoms with Gasteiger partial charge >= 0.3 is 0 Å². The maximum absolute atomic E-state index is 4.38. The molecular weight excluding hydrogens is 272 g/mol. The molecular formula is C13H14N6S.